The van der Waals surface area contributed by atoms with Crippen molar-refractivity contribution in [2.24, 2.45) is 4.99 Å². The molecule has 1 heterocycles. The summed E-state index contributed by atoms with van der Waals surface area (Å²) in [7, 11) is -3.35. The number of hydrogen-bond acceptors (Lipinski definition) is 5. The first-order valence-corrected chi connectivity index (χ1v) is 11.9. The summed E-state index contributed by atoms with van der Waals surface area (Å²) in [6, 6.07) is 4.58. The molecule has 8 nitrogen and oxygen atoms in total. The largest absolute Gasteiger partial charge is 0.392 e. The highest BCUT2D eigenvalue weighted by atomic mass is 32.2. The number of guanidine groups is 1. The monoisotopic (exact) mass is 444 g/mol. The van der Waals surface area contributed by atoms with E-state index >= 15 is 0 Å². The van der Waals surface area contributed by atoms with Crippen LogP contribution in [0.2, 0.25) is 0 Å². The lowest BCUT2D eigenvalue weighted by Crippen LogP contribution is -2.54. The zero-order valence-electron chi connectivity index (χ0n) is 18.0. The van der Waals surface area contributed by atoms with Crippen LogP contribution >= 0.6 is 0 Å². The standard InChI is InChI=1S/C20H33FN4O4S/c1-4-22-20(23-14-17-5-6-19(21)18(13-17)15-26)24-7-9-25(10-8-24)30(27,28)12-11-29-16(2)3/h5-6,13,16,26H,4,7-12,14-15H2,1-3H3,(H,22,23). The molecule has 1 fully saturated rings. The Morgan fingerprint density at radius 2 is 2.00 bits per heavy atom. The van der Waals surface area contributed by atoms with Gasteiger partial charge in [-0.2, -0.15) is 4.31 Å². The van der Waals surface area contributed by atoms with Gasteiger partial charge in [0.2, 0.25) is 10.0 Å². The summed E-state index contributed by atoms with van der Waals surface area (Å²) in [5.74, 6) is 0.234. The van der Waals surface area contributed by atoms with Gasteiger partial charge in [-0.1, -0.05) is 6.07 Å². The Labute approximate surface area is 178 Å². The minimum atomic E-state index is -3.35. The van der Waals surface area contributed by atoms with Crippen LogP contribution in [-0.4, -0.2) is 79.9 Å². The van der Waals surface area contributed by atoms with Crippen molar-refractivity contribution in [3.8, 4) is 0 Å². The molecule has 0 unspecified atom stereocenters. The molecule has 0 aliphatic carbocycles. The lowest BCUT2D eigenvalue weighted by Gasteiger charge is -2.36. The second kappa shape index (κ2) is 11.6. The molecule has 0 amide bonds. The minimum absolute atomic E-state index is 0.00509. The number of aliphatic hydroxyl groups is 1. The second-order valence-electron chi connectivity index (χ2n) is 7.38. The highest BCUT2D eigenvalue weighted by molar-refractivity contribution is 7.89. The van der Waals surface area contributed by atoms with E-state index in [1.807, 2.05) is 25.7 Å². The van der Waals surface area contributed by atoms with Crippen molar-refractivity contribution in [2.75, 3.05) is 45.1 Å². The first kappa shape index (κ1) is 24.5. The second-order valence-corrected chi connectivity index (χ2v) is 9.46. The summed E-state index contributed by atoms with van der Waals surface area (Å²) in [6.07, 6.45) is 0.00509. The Balaban J connectivity index is 1.97. The average molecular weight is 445 g/mol. The third-order valence-electron chi connectivity index (χ3n) is 4.75. The van der Waals surface area contributed by atoms with Gasteiger partial charge in [-0.15, -0.1) is 0 Å². The van der Waals surface area contributed by atoms with Crippen molar-refractivity contribution in [1.29, 1.82) is 0 Å². The molecule has 0 radical (unpaired) electrons. The smallest absolute Gasteiger partial charge is 0.216 e. The first-order chi connectivity index (χ1) is 14.3. The van der Waals surface area contributed by atoms with Gasteiger partial charge in [0.25, 0.3) is 0 Å². The van der Waals surface area contributed by atoms with Crippen molar-refractivity contribution >= 4 is 16.0 Å². The van der Waals surface area contributed by atoms with Gasteiger partial charge in [-0.25, -0.2) is 17.8 Å². The van der Waals surface area contributed by atoms with Gasteiger partial charge in [-0.05, 0) is 38.5 Å². The van der Waals surface area contributed by atoms with Gasteiger partial charge in [0.1, 0.15) is 5.82 Å². The number of ether oxygens (including phenoxy) is 1. The van der Waals surface area contributed by atoms with E-state index in [1.54, 1.807) is 12.1 Å². The van der Waals surface area contributed by atoms with Gasteiger partial charge in [0, 0.05) is 38.3 Å². The molecule has 2 N–H and O–H groups in total. The fourth-order valence-electron chi connectivity index (χ4n) is 3.14. The molecule has 0 aromatic heterocycles. The van der Waals surface area contributed by atoms with E-state index in [0.29, 0.717) is 45.2 Å². The van der Waals surface area contributed by atoms with Crippen molar-refractivity contribution in [1.82, 2.24) is 14.5 Å². The van der Waals surface area contributed by atoms with Crippen LogP contribution < -0.4 is 5.32 Å². The van der Waals surface area contributed by atoms with E-state index in [-0.39, 0.29) is 30.6 Å². The van der Waals surface area contributed by atoms with Crippen LogP contribution in [0.4, 0.5) is 4.39 Å². The van der Waals surface area contributed by atoms with Crippen LogP contribution in [0.3, 0.4) is 0 Å². The van der Waals surface area contributed by atoms with E-state index in [9.17, 15) is 17.9 Å². The molecule has 0 bridgehead atoms. The minimum Gasteiger partial charge on any atom is -0.392 e. The molecule has 170 valence electrons. The van der Waals surface area contributed by atoms with E-state index in [0.717, 1.165) is 5.56 Å². The lowest BCUT2D eigenvalue weighted by atomic mass is 10.1. The van der Waals surface area contributed by atoms with Gasteiger partial charge >= 0.3 is 0 Å². The topological polar surface area (TPSA) is 94.5 Å². The molecule has 30 heavy (non-hydrogen) atoms. The molecular weight excluding hydrogens is 411 g/mol. The van der Waals surface area contributed by atoms with Crippen LogP contribution in [0.25, 0.3) is 0 Å². The van der Waals surface area contributed by atoms with Crippen LogP contribution in [0, 0.1) is 5.82 Å². The van der Waals surface area contributed by atoms with Gasteiger partial charge in [-0.3, -0.25) is 0 Å². The Bertz CT molecular complexity index is 809. The van der Waals surface area contributed by atoms with Crippen molar-refractivity contribution in [3.05, 3.63) is 35.1 Å². The van der Waals surface area contributed by atoms with Gasteiger partial charge < -0.3 is 20.1 Å². The number of rotatable bonds is 9. The van der Waals surface area contributed by atoms with E-state index in [4.69, 9.17) is 4.74 Å². The van der Waals surface area contributed by atoms with Gasteiger partial charge in [0.15, 0.2) is 5.96 Å². The molecule has 1 aliphatic heterocycles. The molecular formula is C20H33FN4O4S. The van der Waals surface area contributed by atoms with Crippen molar-refractivity contribution in [3.63, 3.8) is 0 Å². The normalized spacial score (nSPS) is 16.3. The van der Waals surface area contributed by atoms with Crippen molar-refractivity contribution in [2.45, 2.75) is 40.0 Å². The number of piperazine rings is 1. The van der Waals surface area contributed by atoms with Crippen LogP contribution in [0.15, 0.2) is 23.2 Å². The Kier molecular flexibility index (Phi) is 9.47. The summed E-state index contributed by atoms with van der Waals surface area (Å²) in [5, 5.41) is 12.4. The molecule has 10 heteroatoms. The highest BCUT2D eigenvalue weighted by Gasteiger charge is 2.28. The zero-order valence-corrected chi connectivity index (χ0v) is 18.8. The zero-order chi connectivity index (χ0) is 22.1. The maximum atomic E-state index is 13.6. The Morgan fingerprint density at radius 1 is 1.30 bits per heavy atom. The van der Waals surface area contributed by atoms with Gasteiger partial charge in [0.05, 0.1) is 31.6 Å². The molecule has 1 aliphatic rings. The number of nitrogens with zero attached hydrogens (tertiary/aromatic N) is 3. The summed E-state index contributed by atoms with van der Waals surface area (Å²) in [6.45, 7) is 8.40. The van der Waals surface area contributed by atoms with E-state index in [1.165, 1.54) is 10.4 Å². The fourth-order valence-corrected chi connectivity index (χ4v) is 4.42. The van der Waals surface area contributed by atoms with Crippen LogP contribution in [0.1, 0.15) is 31.9 Å². The first-order valence-electron chi connectivity index (χ1n) is 10.3. The molecule has 0 saturated carbocycles. The highest BCUT2D eigenvalue weighted by Crippen LogP contribution is 2.13. The van der Waals surface area contributed by atoms with E-state index in [2.05, 4.69) is 10.3 Å². The molecule has 1 aromatic rings. The Hall–Kier alpha value is -1.75. The number of nitrogens with one attached hydrogen (secondary N) is 1. The predicted molar refractivity (Wildman–Crippen MR) is 115 cm³/mol. The molecule has 1 aromatic carbocycles. The van der Waals surface area contributed by atoms with Crippen molar-refractivity contribution < 1.29 is 22.7 Å². The predicted octanol–water partition coefficient (Wildman–Crippen LogP) is 1.16. The summed E-state index contributed by atoms with van der Waals surface area (Å²) < 4.78 is 45.4. The number of sulfonamides is 1. The summed E-state index contributed by atoms with van der Waals surface area (Å²) >= 11 is 0. The van der Waals surface area contributed by atoms with Crippen LogP contribution in [-0.2, 0) is 27.9 Å². The molecule has 2 rings (SSSR count). The average Bonchev–Trinajstić information content (AvgIpc) is 2.71. The number of aliphatic hydroxyl groups excluding tert-OH is 1. The summed E-state index contributed by atoms with van der Waals surface area (Å²) in [4.78, 5) is 6.63. The summed E-state index contributed by atoms with van der Waals surface area (Å²) in [5.41, 5.74) is 1.04. The molecule has 1 saturated heterocycles. The third kappa shape index (κ3) is 7.19. The number of benzene rings is 1. The third-order valence-corrected chi connectivity index (χ3v) is 6.59. The fraction of sp³-hybridized carbons (Fsp3) is 0.650. The quantitative estimate of drug-likeness (QED) is 0.438. The number of aliphatic imine (C=N–C) groups is 1. The maximum Gasteiger partial charge on any atom is 0.216 e. The number of hydrogen-bond donors (Lipinski definition) is 2. The molecule has 0 atom stereocenters. The lowest BCUT2D eigenvalue weighted by molar-refractivity contribution is 0.0904. The Morgan fingerprint density at radius 3 is 2.60 bits per heavy atom. The van der Waals surface area contributed by atoms with E-state index < -0.39 is 15.8 Å². The SMILES string of the molecule is CCNC(=NCc1ccc(F)c(CO)c1)N1CCN(S(=O)(=O)CCOC(C)C)CC1. The molecule has 0 spiro atoms. The van der Waals surface area contributed by atoms with Crippen LogP contribution in [0.5, 0.6) is 0 Å². The maximum absolute atomic E-state index is 13.6. The number of halogens is 1.